The Kier molecular flexibility index (Phi) is 9.03. The van der Waals surface area contributed by atoms with Crippen LogP contribution in [0.25, 0.3) is 6.08 Å². The molecule has 0 radical (unpaired) electrons. The summed E-state index contributed by atoms with van der Waals surface area (Å²) < 4.78 is 38.6. The predicted molar refractivity (Wildman–Crippen MR) is 151 cm³/mol. The van der Waals surface area contributed by atoms with Crippen LogP contribution >= 0.6 is 23.2 Å². The maximum Gasteiger partial charge on any atom is 0.264 e. The summed E-state index contributed by atoms with van der Waals surface area (Å²) in [6.07, 6.45) is 5.80. The van der Waals surface area contributed by atoms with E-state index in [-0.39, 0.29) is 17.5 Å². The molecule has 1 heterocycles. The van der Waals surface area contributed by atoms with E-state index in [1.165, 1.54) is 49.8 Å². The number of anilines is 2. The zero-order valence-corrected chi connectivity index (χ0v) is 22.8. The number of hydrogen-bond donors (Lipinski definition) is 2. The molecule has 0 saturated heterocycles. The zero-order valence-electron chi connectivity index (χ0n) is 20.5. The molecular weight excluding hydrogens is 563 g/mol. The third kappa shape index (κ3) is 7.47. The fourth-order valence-corrected chi connectivity index (χ4v) is 4.80. The second-order valence-corrected chi connectivity index (χ2v) is 10.4. The van der Waals surface area contributed by atoms with E-state index < -0.39 is 15.9 Å². The van der Waals surface area contributed by atoms with Crippen molar-refractivity contribution in [2.75, 3.05) is 17.1 Å². The van der Waals surface area contributed by atoms with Gasteiger partial charge in [0.15, 0.2) is 11.5 Å². The molecule has 1 amide bonds. The van der Waals surface area contributed by atoms with Gasteiger partial charge in [0.2, 0.25) is 11.9 Å². The molecule has 0 atom stereocenters. The van der Waals surface area contributed by atoms with Crippen molar-refractivity contribution in [1.29, 1.82) is 0 Å². The van der Waals surface area contributed by atoms with Gasteiger partial charge in [-0.1, -0.05) is 35.3 Å². The minimum atomic E-state index is -3.88. The van der Waals surface area contributed by atoms with Gasteiger partial charge in [-0.2, -0.15) is 0 Å². The molecule has 9 nitrogen and oxygen atoms in total. The predicted octanol–water partition coefficient (Wildman–Crippen LogP) is 5.82. The van der Waals surface area contributed by atoms with Crippen LogP contribution < -0.4 is 19.5 Å². The fraction of sp³-hybridized carbons (Fsp3) is 0.0741. The van der Waals surface area contributed by atoms with E-state index in [1.807, 2.05) is 0 Å². The fourth-order valence-electron chi connectivity index (χ4n) is 3.33. The van der Waals surface area contributed by atoms with Crippen LogP contribution in [0.4, 0.5) is 11.6 Å². The number of aromatic nitrogens is 2. The van der Waals surface area contributed by atoms with E-state index in [2.05, 4.69) is 20.0 Å². The number of methoxy groups -OCH3 is 1. The van der Waals surface area contributed by atoms with Crippen molar-refractivity contribution in [3.63, 3.8) is 0 Å². The Morgan fingerprint density at radius 3 is 2.31 bits per heavy atom. The number of nitrogens with zero attached hydrogens (tertiary/aromatic N) is 2. The van der Waals surface area contributed by atoms with Gasteiger partial charge in [-0.15, -0.1) is 0 Å². The summed E-state index contributed by atoms with van der Waals surface area (Å²) >= 11 is 12.4. The highest BCUT2D eigenvalue weighted by Gasteiger charge is 2.15. The Morgan fingerprint density at radius 1 is 0.949 bits per heavy atom. The summed E-state index contributed by atoms with van der Waals surface area (Å²) in [7, 11) is -2.37. The van der Waals surface area contributed by atoms with Crippen LogP contribution in [0, 0.1) is 0 Å². The van der Waals surface area contributed by atoms with Gasteiger partial charge in [0, 0.05) is 39.8 Å². The molecule has 39 heavy (non-hydrogen) atoms. The average molecular weight is 585 g/mol. The van der Waals surface area contributed by atoms with Gasteiger partial charge >= 0.3 is 0 Å². The van der Waals surface area contributed by atoms with Gasteiger partial charge < -0.3 is 14.8 Å². The van der Waals surface area contributed by atoms with E-state index >= 15 is 0 Å². The maximum absolute atomic E-state index is 12.5. The normalized spacial score (nSPS) is 11.3. The number of nitrogens with one attached hydrogen (secondary N) is 2. The van der Waals surface area contributed by atoms with Crippen LogP contribution in [-0.4, -0.2) is 31.4 Å². The molecular formula is C27H22Cl2N4O5S. The topological polar surface area (TPSA) is 120 Å². The smallest absolute Gasteiger partial charge is 0.264 e. The van der Waals surface area contributed by atoms with Crippen molar-refractivity contribution in [2.45, 2.75) is 11.5 Å². The molecule has 1 aromatic heterocycles. The molecule has 0 aliphatic heterocycles. The first-order valence-corrected chi connectivity index (χ1v) is 13.6. The lowest BCUT2D eigenvalue weighted by Crippen LogP contribution is -2.15. The van der Waals surface area contributed by atoms with Crippen LogP contribution in [0.5, 0.6) is 11.5 Å². The summed E-state index contributed by atoms with van der Waals surface area (Å²) in [5.41, 5.74) is 1.77. The van der Waals surface area contributed by atoms with Crippen molar-refractivity contribution >= 4 is 56.8 Å². The lowest BCUT2D eigenvalue weighted by molar-refractivity contribution is -0.111. The Morgan fingerprint density at radius 2 is 1.64 bits per heavy atom. The van der Waals surface area contributed by atoms with E-state index in [9.17, 15) is 13.2 Å². The number of carbonyl (C=O) groups is 1. The highest BCUT2D eigenvalue weighted by atomic mass is 35.5. The van der Waals surface area contributed by atoms with Crippen molar-refractivity contribution in [2.24, 2.45) is 0 Å². The van der Waals surface area contributed by atoms with Crippen LogP contribution in [0.2, 0.25) is 10.0 Å². The molecule has 200 valence electrons. The average Bonchev–Trinajstić information content (AvgIpc) is 2.92. The summed E-state index contributed by atoms with van der Waals surface area (Å²) in [5, 5.41) is 3.69. The summed E-state index contributed by atoms with van der Waals surface area (Å²) in [4.78, 5) is 20.1. The van der Waals surface area contributed by atoms with Crippen molar-refractivity contribution < 1.29 is 22.7 Å². The second kappa shape index (κ2) is 12.6. The number of hydrogen-bond acceptors (Lipinski definition) is 7. The number of amides is 1. The minimum Gasteiger partial charge on any atom is -0.493 e. The maximum atomic E-state index is 12.5. The Hall–Kier alpha value is -4.12. The van der Waals surface area contributed by atoms with Gasteiger partial charge in [-0.05, 0) is 66.2 Å². The summed E-state index contributed by atoms with van der Waals surface area (Å²) in [6, 6.07) is 17.7. The van der Waals surface area contributed by atoms with Crippen LogP contribution in [-0.2, 0) is 21.4 Å². The zero-order chi connectivity index (χ0) is 27.8. The van der Waals surface area contributed by atoms with E-state index in [0.717, 1.165) is 0 Å². The van der Waals surface area contributed by atoms with Crippen LogP contribution in [0.3, 0.4) is 0 Å². The molecule has 0 fully saturated rings. The second-order valence-electron chi connectivity index (χ2n) is 7.92. The molecule has 4 rings (SSSR count). The van der Waals surface area contributed by atoms with Gasteiger partial charge in [0.05, 0.1) is 12.0 Å². The van der Waals surface area contributed by atoms with Gasteiger partial charge in [0.25, 0.3) is 10.0 Å². The molecule has 0 spiro atoms. The lowest BCUT2D eigenvalue weighted by atomic mass is 10.2. The number of rotatable bonds is 10. The standard InChI is InChI=1S/C27H22Cl2N4O5S/c1-37-25-16-18(6-12-24(25)38-17-21-22(28)4-2-5-23(21)29)7-13-26(34)32-19-8-10-20(11-9-19)39(35,36)33-27-30-14-3-15-31-27/h2-16H,17H2,1H3,(H,32,34)(H,30,31,33)/b13-7+. The van der Waals surface area contributed by atoms with Gasteiger partial charge in [-0.25, -0.2) is 23.1 Å². The Balaban J connectivity index is 1.36. The lowest BCUT2D eigenvalue weighted by Gasteiger charge is -2.13. The molecule has 0 saturated carbocycles. The molecule has 12 heteroatoms. The summed E-state index contributed by atoms with van der Waals surface area (Å²) in [5.74, 6) is 0.501. The molecule has 0 aliphatic rings. The Bertz CT molecular complexity index is 1580. The van der Waals surface area contributed by atoms with Gasteiger partial charge in [0.1, 0.15) is 6.61 Å². The molecule has 0 unspecified atom stereocenters. The Labute approximate surface area is 235 Å². The highest BCUT2D eigenvalue weighted by Crippen LogP contribution is 2.31. The van der Waals surface area contributed by atoms with Crippen LogP contribution in [0.1, 0.15) is 11.1 Å². The third-order valence-electron chi connectivity index (χ3n) is 5.27. The van der Waals surface area contributed by atoms with E-state index in [1.54, 1.807) is 48.5 Å². The van der Waals surface area contributed by atoms with Crippen molar-refractivity contribution in [3.05, 3.63) is 106 Å². The van der Waals surface area contributed by atoms with Gasteiger partial charge in [-0.3, -0.25) is 4.79 Å². The van der Waals surface area contributed by atoms with Crippen LogP contribution in [0.15, 0.2) is 90.1 Å². The number of carbonyl (C=O) groups excluding carboxylic acids is 1. The first kappa shape index (κ1) is 27.9. The first-order valence-electron chi connectivity index (χ1n) is 11.4. The minimum absolute atomic E-state index is 0.00490. The molecule has 0 aliphatic carbocycles. The first-order chi connectivity index (χ1) is 18.7. The number of ether oxygens (including phenoxy) is 2. The SMILES string of the molecule is COc1cc(/C=C/C(=O)Nc2ccc(S(=O)(=O)Nc3ncccn3)cc2)ccc1OCc1c(Cl)cccc1Cl. The molecule has 3 aromatic carbocycles. The number of halogens is 2. The van der Waals surface area contributed by atoms with Crippen molar-refractivity contribution in [1.82, 2.24) is 9.97 Å². The van der Waals surface area contributed by atoms with Crippen molar-refractivity contribution in [3.8, 4) is 11.5 Å². The van der Waals surface area contributed by atoms with E-state index in [4.69, 9.17) is 32.7 Å². The largest absolute Gasteiger partial charge is 0.493 e. The molecule has 4 aromatic rings. The molecule has 0 bridgehead atoms. The molecule has 2 N–H and O–H groups in total. The third-order valence-corrected chi connectivity index (χ3v) is 7.32. The quantitative estimate of drug-likeness (QED) is 0.225. The number of benzene rings is 3. The monoisotopic (exact) mass is 584 g/mol. The highest BCUT2D eigenvalue weighted by molar-refractivity contribution is 7.92. The van der Waals surface area contributed by atoms with E-state index in [0.29, 0.717) is 38.4 Å². The number of sulfonamides is 1. The summed E-state index contributed by atoms with van der Waals surface area (Å²) in [6.45, 7) is 0.155.